The molecule has 3 nitrogen and oxygen atoms in total. The molecule has 1 aromatic heterocycles. The van der Waals surface area contributed by atoms with E-state index in [9.17, 15) is 18.0 Å². The van der Waals surface area contributed by atoms with Crippen molar-refractivity contribution in [1.29, 1.82) is 0 Å². The third kappa shape index (κ3) is 2.82. The van der Waals surface area contributed by atoms with Crippen molar-refractivity contribution in [2.75, 3.05) is 0 Å². The molecule has 82 valence electrons. The Labute approximate surface area is 87.5 Å². The molecule has 1 N–H and O–H groups in total. The van der Waals surface area contributed by atoms with Crippen LogP contribution in [-0.2, 0) is 11.2 Å². The number of nitrogens with zero attached hydrogens (tertiary/aromatic N) is 1. The van der Waals surface area contributed by atoms with Crippen LogP contribution >= 0.6 is 11.6 Å². The lowest BCUT2D eigenvalue weighted by atomic mass is 10.1. The van der Waals surface area contributed by atoms with E-state index in [0.29, 0.717) is 0 Å². The Kier molecular flexibility index (Phi) is 3.52. The molecule has 0 saturated carbocycles. The normalized spacial score (nSPS) is 10.7. The van der Waals surface area contributed by atoms with Crippen LogP contribution < -0.4 is 0 Å². The van der Waals surface area contributed by atoms with Gasteiger partial charge in [0, 0.05) is 5.56 Å². The zero-order valence-electron chi connectivity index (χ0n) is 7.18. The molecule has 0 bridgehead atoms. The molecule has 0 atom stereocenters. The fourth-order valence-corrected chi connectivity index (χ4v) is 1.23. The number of carbonyl (C=O) groups is 1. The molecule has 1 heterocycles. The Morgan fingerprint density at radius 1 is 1.60 bits per heavy atom. The van der Waals surface area contributed by atoms with E-state index in [-0.39, 0.29) is 5.15 Å². The number of pyridine rings is 1. The first kappa shape index (κ1) is 11.8. The van der Waals surface area contributed by atoms with Gasteiger partial charge in [-0.2, -0.15) is 0 Å². The van der Waals surface area contributed by atoms with Crippen molar-refractivity contribution < 1.29 is 23.1 Å². The van der Waals surface area contributed by atoms with Crippen molar-refractivity contribution in [3.8, 4) is 0 Å². The molecule has 0 radical (unpaired) electrons. The smallest absolute Gasteiger partial charge is 0.307 e. The highest BCUT2D eigenvalue weighted by atomic mass is 35.5. The Bertz CT molecular complexity index is 398. The summed E-state index contributed by atoms with van der Waals surface area (Å²) in [7, 11) is 0. The molecule has 0 aliphatic rings. The first-order chi connectivity index (χ1) is 6.91. The molecule has 0 spiro atoms. The van der Waals surface area contributed by atoms with Gasteiger partial charge in [0.25, 0.3) is 6.43 Å². The molecule has 0 aromatic carbocycles. The molecule has 15 heavy (non-hydrogen) atoms. The molecule has 0 aliphatic heterocycles. The lowest BCUT2D eigenvalue weighted by Gasteiger charge is -2.05. The summed E-state index contributed by atoms with van der Waals surface area (Å²) in [5.41, 5.74) is -1.53. The molecule has 7 heteroatoms. The highest BCUT2D eigenvalue weighted by molar-refractivity contribution is 6.29. The van der Waals surface area contributed by atoms with Crippen LogP contribution in [0.15, 0.2) is 6.07 Å². The van der Waals surface area contributed by atoms with Crippen LogP contribution in [0.5, 0.6) is 0 Å². The van der Waals surface area contributed by atoms with E-state index in [1.165, 1.54) is 0 Å². The van der Waals surface area contributed by atoms with Gasteiger partial charge in [-0.05, 0) is 6.07 Å². The molecule has 0 unspecified atom stereocenters. The summed E-state index contributed by atoms with van der Waals surface area (Å²) >= 11 is 5.35. The van der Waals surface area contributed by atoms with Gasteiger partial charge in [-0.3, -0.25) is 4.79 Å². The summed E-state index contributed by atoms with van der Waals surface area (Å²) in [4.78, 5) is 13.4. The van der Waals surface area contributed by atoms with E-state index in [0.717, 1.165) is 6.07 Å². The van der Waals surface area contributed by atoms with Crippen LogP contribution in [0.1, 0.15) is 17.7 Å². The molecule has 0 saturated heterocycles. The number of halogens is 4. The summed E-state index contributed by atoms with van der Waals surface area (Å²) < 4.78 is 37.6. The molecule has 0 fully saturated rings. The van der Waals surface area contributed by atoms with Crippen LogP contribution in [0.4, 0.5) is 13.2 Å². The number of aromatic nitrogens is 1. The second-order valence-corrected chi connectivity index (χ2v) is 3.06. The maximum absolute atomic E-state index is 13.2. The highest BCUT2D eigenvalue weighted by Crippen LogP contribution is 2.25. The summed E-state index contributed by atoms with van der Waals surface area (Å²) in [6.45, 7) is 0. The largest absolute Gasteiger partial charge is 0.481 e. The van der Waals surface area contributed by atoms with Crippen LogP contribution in [-0.4, -0.2) is 16.1 Å². The van der Waals surface area contributed by atoms with Gasteiger partial charge in [0.05, 0.1) is 6.42 Å². The van der Waals surface area contributed by atoms with Gasteiger partial charge in [0.15, 0.2) is 5.82 Å². The number of carboxylic acids is 1. The van der Waals surface area contributed by atoms with Crippen LogP contribution in [0.25, 0.3) is 0 Å². The maximum Gasteiger partial charge on any atom is 0.307 e. The van der Waals surface area contributed by atoms with Crippen molar-refractivity contribution in [2.45, 2.75) is 12.8 Å². The minimum atomic E-state index is -3.13. The second kappa shape index (κ2) is 4.48. The third-order valence-electron chi connectivity index (χ3n) is 1.58. The molecular formula is C8H5ClF3NO2. The zero-order valence-corrected chi connectivity index (χ0v) is 7.93. The summed E-state index contributed by atoms with van der Waals surface area (Å²) in [5, 5.41) is 8.04. The average molecular weight is 240 g/mol. The standard InChI is InChI=1S/C8H5ClF3NO2/c9-4-1-3(2-5(14)15)6(10)7(13-4)8(11)12/h1,8H,2H2,(H,14,15). The van der Waals surface area contributed by atoms with Crippen LogP contribution in [0.2, 0.25) is 5.15 Å². The SMILES string of the molecule is O=C(O)Cc1cc(Cl)nc(C(F)F)c1F. The highest BCUT2D eigenvalue weighted by Gasteiger charge is 2.20. The number of hydrogen-bond acceptors (Lipinski definition) is 2. The van der Waals surface area contributed by atoms with Crippen molar-refractivity contribution in [1.82, 2.24) is 4.98 Å². The maximum atomic E-state index is 13.2. The number of hydrogen-bond donors (Lipinski definition) is 1. The van der Waals surface area contributed by atoms with Gasteiger partial charge in [0.2, 0.25) is 0 Å². The van der Waals surface area contributed by atoms with E-state index in [2.05, 4.69) is 4.98 Å². The zero-order chi connectivity index (χ0) is 11.6. The fraction of sp³-hybridized carbons (Fsp3) is 0.250. The van der Waals surface area contributed by atoms with Gasteiger partial charge < -0.3 is 5.11 Å². The summed E-state index contributed by atoms with van der Waals surface area (Å²) in [6, 6.07) is 0.914. The predicted molar refractivity (Wildman–Crippen MR) is 45.5 cm³/mol. The molecule has 1 aromatic rings. The number of alkyl halides is 2. The van der Waals surface area contributed by atoms with Crippen LogP contribution in [0, 0.1) is 5.82 Å². The van der Waals surface area contributed by atoms with Crippen molar-refractivity contribution in [2.24, 2.45) is 0 Å². The van der Waals surface area contributed by atoms with Gasteiger partial charge in [-0.25, -0.2) is 18.2 Å². The Morgan fingerprint density at radius 2 is 2.20 bits per heavy atom. The molecule has 0 aliphatic carbocycles. The number of rotatable bonds is 3. The summed E-state index contributed by atoms with van der Waals surface area (Å²) in [6.07, 6.45) is -3.84. The van der Waals surface area contributed by atoms with Gasteiger partial charge in [-0.15, -0.1) is 0 Å². The first-order valence-electron chi connectivity index (χ1n) is 3.76. The van der Waals surface area contributed by atoms with E-state index in [1.807, 2.05) is 0 Å². The number of aliphatic carboxylic acids is 1. The molecule has 1 rings (SSSR count). The lowest BCUT2D eigenvalue weighted by molar-refractivity contribution is -0.136. The quantitative estimate of drug-likeness (QED) is 0.824. The number of carboxylic acid groups (broad SMARTS) is 1. The second-order valence-electron chi connectivity index (χ2n) is 2.67. The topological polar surface area (TPSA) is 50.2 Å². The van der Waals surface area contributed by atoms with E-state index >= 15 is 0 Å². The minimum absolute atomic E-state index is 0.358. The van der Waals surface area contributed by atoms with E-state index in [1.54, 1.807) is 0 Å². The van der Waals surface area contributed by atoms with Gasteiger partial charge in [0.1, 0.15) is 10.8 Å². The third-order valence-corrected chi connectivity index (χ3v) is 1.77. The molecule has 0 amide bonds. The van der Waals surface area contributed by atoms with E-state index < -0.39 is 35.9 Å². The predicted octanol–water partition coefficient (Wildman–Crippen LogP) is 2.44. The van der Waals surface area contributed by atoms with Crippen LogP contribution in [0.3, 0.4) is 0 Å². The van der Waals surface area contributed by atoms with E-state index in [4.69, 9.17) is 16.7 Å². The van der Waals surface area contributed by atoms with Crippen molar-refractivity contribution in [3.63, 3.8) is 0 Å². The molecular weight excluding hydrogens is 235 g/mol. The Hall–Kier alpha value is -1.30. The van der Waals surface area contributed by atoms with Gasteiger partial charge in [-0.1, -0.05) is 11.6 Å². The van der Waals surface area contributed by atoms with Crippen molar-refractivity contribution >= 4 is 17.6 Å². The first-order valence-corrected chi connectivity index (χ1v) is 4.14. The average Bonchev–Trinajstić information content (AvgIpc) is 2.09. The monoisotopic (exact) mass is 239 g/mol. The summed E-state index contributed by atoms with van der Waals surface area (Å²) in [5.74, 6) is -2.66. The minimum Gasteiger partial charge on any atom is -0.481 e. The van der Waals surface area contributed by atoms with Gasteiger partial charge >= 0.3 is 5.97 Å². The lowest BCUT2D eigenvalue weighted by Crippen LogP contribution is -2.07. The fourth-order valence-electron chi connectivity index (χ4n) is 1.00. The Balaban J connectivity index is 3.21. The Morgan fingerprint density at radius 3 is 2.67 bits per heavy atom. The van der Waals surface area contributed by atoms with Crippen molar-refractivity contribution in [3.05, 3.63) is 28.3 Å².